The van der Waals surface area contributed by atoms with E-state index in [1.165, 1.54) is 0 Å². The van der Waals surface area contributed by atoms with Gasteiger partial charge in [-0.1, -0.05) is 13.3 Å². The highest BCUT2D eigenvalue weighted by Gasteiger charge is 2.09. The quantitative estimate of drug-likeness (QED) is 0.780. The number of carbonyl (C=O) groups excluding carboxylic acids is 1. The van der Waals surface area contributed by atoms with Gasteiger partial charge in [-0.3, -0.25) is 9.78 Å². The zero-order valence-electron chi connectivity index (χ0n) is 11.3. The van der Waals surface area contributed by atoms with Crippen LogP contribution >= 0.6 is 0 Å². The van der Waals surface area contributed by atoms with Crippen LogP contribution in [0.4, 0.5) is 5.69 Å². The summed E-state index contributed by atoms with van der Waals surface area (Å²) in [5.74, 6) is 0.606. The Morgan fingerprint density at radius 3 is 2.83 bits per heavy atom. The molecule has 0 aliphatic carbocycles. The Labute approximate surface area is 109 Å². The molecule has 0 saturated heterocycles. The molecule has 1 atom stereocenters. The Bertz CT molecular complexity index is 379. The monoisotopic (exact) mass is 249 g/mol. The van der Waals surface area contributed by atoms with Crippen LogP contribution in [0.25, 0.3) is 0 Å². The molecule has 1 unspecified atom stereocenters. The van der Waals surface area contributed by atoms with Crippen molar-refractivity contribution in [1.29, 1.82) is 0 Å². The van der Waals surface area contributed by atoms with Gasteiger partial charge in [0.25, 0.3) is 0 Å². The van der Waals surface area contributed by atoms with Crippen LogP contribution < -0.4 is 11.1 Å². The summed E-state index contributed by atoms with van der Waals surface area (Å²) in [4.78, 5) is 15.8. The number of carbonyl (C=O) groups is 1. The molecule has 100 valence electrons. The molecule has 0 aliphatic rings. The number of rotatable bonds is 7. The minimum absolute atomic E-state index is 0.0536. The highest BCUT2D eigenvalue weighted by atomic mass is 16.1. The second kappa shape index (κ2) is 7.82. The van der Waals surface area contributed by atoms with Crippen molar-refractivity contribution < 1.29 is 4.79 Å². The van der Waals surface area contributed by atoms with Crippen LogP contribution in [0, 0.1) is 12.8 Å². The number of amides is 1. The van der Waals surface area contributed by atoms with Crippen molar-refractivity contribution in [3.05, 3.63) is 24.0 Å². The number of aryl methyl sites for hydroxylation is 1. The molecule has 0 aliphatic heterocycles. The molecule has 0 fully saturated rings. The zero-order valence-corrected chi connectivity index (χ0v) is 11.3. The number of nitrogens with one attached hydrogen (secondary N) is 1. The van der Waals surface area contributed by atoms with E-state index in [0.29, 0.717) is 18.9 Å². The first-order valence-electron chi connectivity index (χ1n) is 6.57. The number of pyridine rings is 1. The zero-order chi connectivity index (χ0) is 13.4. The first-order valence-corrected chi connectivity index (χ1v) is 6.57. The largest absolute Gasteiger partial charge is 0.330 e. The number of hydrogen-bond acceptors (Lipinski definition) is 3. The fraction of sp³-hybridized carbons (Fsp3) is 0.571. The van der Waals surface area contributed by atoms with E-state index in [1.807, 2.05) is 13.0 Å². The van der Waals surface area contributed by atoms with Gasteiger partial charge in [0.15, 0.2) is 0 Å². The maximum absolute atomic E-state index is 11.8. The lowest BCUT2D eigenvalue weighted by atomic mass is 9.96. The molecule has 1 aromatic rings. The minimum atomic E-state index is 0.0536. The van der Waals surface area contributed by atoms with E-state index in [4.69, 9.17) is 5.73 Å². The third-order valence-corrected chi connectivity index (χ3v) is 3.09. The molecule has 0 radical (unpaired) electrons. The van der Waals surface area contributed by atoms with Crippen molar-refractivity contribution >= 4 is 11.6 Å². The van der Waals surface area contributed by atoms with Crippen molar-refractivity contribution in [2.75, 3.05) is 11.9 Å². The van der Waals surface area contributed by atoms with Gasteiger partial charge in [-0.05, 0) is 43.9 Å². The average molecular weight is 249 g/mol. The third-order valence-electron chi connectivity index (χ3n) is 3.09. The summed E-state index contributed by atoms with van der Waals surface area (Å²) in [5.41, 5.74) is 7.36. The third kappa shape index (κ3) is 5.27. The molecule has 1 heterocycles. The normalized spacial score (nSPS) is 12.2. The van der Waals surface area contributed by atoms with Crippen molar-refractivity contribution in [2.24, 2.45) is 11.7 Å². The molecule has 0 saturated carbocycles. The summed E-state index contributed by atoms with van der Waals surface area (Å²) in [6.07, 6.45) is 6.96. The molecule has 18 heavy (non-hydrogen) atoms. The molecule has 1 rings (SSSR count). The maximum atomic E-state index is 11.8. The van der Waals surface area contributed by atoms with Crippen molar-refractivity contribution in [2.45, 2.75) is 39.5 Å². The predicted molar refractivity (Wildman–Crippen MR) is 74.3 cm³/mol. The highest BCUT2D eigenvalue weighted by Crippen LogP contribution is 2.15. The van der Waals surface area contributed by atoms with E-state index in [1.54, 1.807) is 12.4 Å². The van der Waals surface area contributed by atoms with Crippen LogP contribution in [0.2, 0.25) is 0 Å². The molecule has 1 amide bonds. The number of anilines is 1. The fourth-order valence-electron chi connectivity index (χ4n) is 1.97. The summed E-state index contributed by atoms with van der Waals surface area (Å²) in [5, 5.41) is 2.87. The van der Waals surface area contributed by atoms with E-state index < -0.39 is 0 Å². The van der Waals surface area contributed by atoms with Crippen molar-refractivity contribution in [3.8, 4) is 0 Å². The van der Waals surface area contributed by atoms with E-state index in [-0.39, 0.29) is 5.91 Å². The predicted octanol–water partition coefficient (Wildman–Crippen LogP) is 2.48. The van der Waals surface area contributed by atoms with Gasteiger partial charge in [-0.25, -0.2) is 0 Å². The standard InChI is InChI=1S/C14H23N3O/c1-3-12(6-7-15)4-5-14(18)17-13-8-11(2)9-16-10-13/h8-10,12H,3-7,15H2,1-2H3,(H,17,18). The smallest absolute Gasteiger partial charge is 0.224 e. The SMILES string of the molecule is CCC(CCN)CCC(=O)Nc1cncc(C)c1. The summed E-state index contributed by atoms with van der Waals surface area (Å²) in [7, 11) is 0. The van der Waals surface area contributed by atoms with Gasteiger partial charge in [-0.15, -0.1) is 0 Å². The van der Waals surface area contributed by atoms with Gasteiger partial charge < -0.3 is 11.1 Å². The molecular formula is C14H23N3O. The maximum Gasteiger partial charge on any atom is 0.224 e. The Morgan fingerprint density at radius 2 is 2.22 bits per heavy atom. The number of nitrogens with two attached hydrogens (primary N) is 1. The summed E-state index contributed by atoms with van der Waals surface area (Å²) in [6, 6.07) is 1.92. The molecule has 3 N–H and O–H groups in total. The van der Waals surface area contributed by atoms with Gasteiger partial charge >= 0.3 is 0 Å². The van der Waals surface area contributed by atoms with Crippen molar-refractivity contribution in [3.63, 3.8) is 0 Å². The molecule has 0 aromatic carbocycles. The van der Waals surface area contributed by atoms with E-state index in [9.17, 15) is 4.79 Å². The second-order valence-electron chi connectivity index (χ2n) is 4.69. The van der Waals surface area contributed by atoms with Crippen LogP contribution in [0.3, 0.4) is 0 Å². The van der Waals surface area contributed by atoms with E-state index >= 15 is 0 Å². The minimum Gasteiger partial charge on any atom is -0.330 e. The summed E-state index contributed by atoms with van der Waals surface area (Å²) < 4.78 is 0. The Kier molecular flexibility index (Phi) is 6.36. The number of hydrogen-bond donors (Lipinski definition) is 2. The molecule has 0 spiro atoms. The van der Waals surface area contributed by atoms with Crippen LogP contribution in [-0.4, -0.2) is 17.4 Å². The van der Waals surface area contributed by atoms with Crippen LogP contribution in [0.1, 0.15) is 38.2 Å². The van der Waals surface area contributed by atoms with Gasteiger partial charge in [0.05, 0.1) is 11.9 Å². The molecule has 4 nitrogen and oxygen atoms in total. The summed E-state index contributed by atoms with van der Waals surface area (Å²) >= 11 is 0. The molecule has 4 heteroatoms. The average Bonchev–Trinajstić information content (AvgIpc) is 2.34. The fourth-order valence-corrected chi connectivity index (χ4v) is 1.97. The lowest BCUT2D eigenvalue weighted by molar-refractivity contribution is -0.116. The number of aromatic nitrogens is 1. The Hall–Kier alpha value is -1.42. The lowest BCUT2D eigenvalue weighted by Gasteiger charge is -2.13. The lowest BCUT2D eigenvalue weighted by Crippen LogP contribution is -2.15. The molecule has 0 bridgehead atoms. The van der Waals surface area contributed by atoms with Crippen molar-refractivity contribution in [1.82, 2.24) is 4.98 Å². The Balaban J connectivity index is 2.37. The van der Waals surface area contributed by atoms with Gasteiger partial charge in [0, 0.05) is 12.6 Å². The topological polar surface area (TPSA) is 68.0 Å². The molecular weight excluding hydrogens is 226 g/mol. The summed E-state index contributed by atoms with van der Waals surface area (Å²) in [6.45, 7) is 4.79. The Morgan fingerprint density at radius 1 is 1.44 bits per heavy atom. The van der Waals surface area contributed by atoms with E-state index in [0.717, 1.165) is 30.5 Å². The first kappa shape index (κ1) is 14.6. The highest BCUT2D eigenvalue weighted by molar-refractivity contribution is 5.90. The van der Waals surface area contributed by atoms with E-state index in [2.05, 4.69) is 17.2 Å². The first-order chi connectivity index (χ1) is 8.65. The van der Waals surface area contributed by atoms with Crippen LogP contribution in [-0.2, 0) is 4.79 Å². The van der Waals surface area contributed by atoms with Gasteiger partial charge in [0.2, 0.25) is 5.91 Å². The van der Waals surface area contributed by atoms with Crippen LogP contribution in [0.15, 0.2) is 18.5 Å². The number of nitrogens with zero attached hydrogens (tertiary/aromatic N) is 1. The van der Waals surface area contributed by atoms with Gasteiger partial charge in [-0.2, -0.15) is 0 Å². The van der Waals surface area contributed by atoms with Crippen LogP contribution in [0.5, 0.6) is 0 Å². The van der Waals surface area contributed by atoms with Gasteiger partial charge in [0.1, 0.15) is 0 Å². The second-order valence-corrected chi connectivity index (χ2v) is 4.69. The molecule has 1 aromatic heterocycles.